The van der Waals surface area contributed by atoms with Crippen molar-refractivity contribution < 1.29 is 9.50 Å². The Morgan fingerprint density at radius 2 is 2.16 bits per heavy atom. The van der Waals surface area contributed by atoms with E-state index in [1.54, 1.807) is 12.3 Å². The Hall–Kier alpha value is -1.46. The number of fused-ring (bicyclic) bond motifs is 1. The molecule has 2 rings (SSSR count). The van der Waals surface area contributed by atoms with Crippen molar-refractivity contribution in [3.8, 4) is 0 Å². The Balaban J connectivity index is 2.11. The fraction of sp³-hybridized carbons (Fsp3) is 0.500. The molecule has 4 nitrogen and oxygen atoms in total. The number of rotatable bonds is 4. The van der Waals surface area contributed by atoms with Gasteiger partial charge in [0.05, 0.1) is 12.3 Å². The number of aliphatic hydroxyl groups excluding tert-OH is 1. The van der Waals surface area contributed by atoms with Crippen LogP contribution >= 0.6 is 0 Å². The first-order valence-corrected chi connectivity index (χ1v) is 6.39. The number of halogens is 1. The minimum absolute atomic E-state index is 0.160. The quantitative estimate of drug-likeness (QED) is 0.795. The van der Waals surface area contributed by atoms with E-state index in [1.807, 2.05) is 0 Å². The van der Waals surface area contributed by atoms with Gasteiger partial charge in [0.15, 0.2) is 0 Å². The number of benzene rings is 1. The monoisotopic (exact) mass is 265 g/mol. The second-order valence-electron chi connectivity index (χ2n) is 6.00. The van der Waals surface area contributed by atoms with Crippen molar-refractivity contribution >= 4 is 10.9 Å². The van der Waals surface area contributed by atoms with Gasteiger partial charge in [0.1, 0.15) is 11.3 Å². The molecule has 0 aliphatic heterocycles. The van der Waals surface area contributed by atoms with Gasteiger partial charge in [-0.2, -0.15) is 5.10 Å². The molecular formula is C14H20FN3O. The van der Waals surface area contributed by atoms with Crippen molar-refractivity contribution in [1.82, 2.24) is 15.5 Å². The largest absolute Gasteiger partial charge is 0.387 e. The molecule has 1 aromatic carbocycles. The van der Waals surface area contributed by atoms with Crippen molar-refractivity contribution in [2.75, 3.05) is 13.1 Å². The molecule has 0 unspecified atom stereocenters. The fourth-order valence-electron chi connectivity index (χ4n) is 2.01. The van der Waals surface area contributed by atoms with E-state index in [2.05, 4.69) is 36.3 Å². The highest BCUT2D eigenvalue weighted by Crippen LogP contribution is 2.24. The van der Waals surface area contributed by atoms with Crippen LogP contribution in [0.5, 0.6) is 0 Å². The third-order valence-electron chi connectivity index (χ3n) is 2.95. The maximum atomic E-state index is 13.5. The minimum atomic E-state index is -0.678. The highest BCUT2D eigenvalue weighted by molar-refractivity contribution is 5.82. The van der Waals surface area contributed by atoms with E-state index >= 15 is 0 Å². The molecule has 3 N–H and O–H groups in total. The van der Waals surface area contributed by atoms with Crippen LogP contribution in [0, 0.1) is 11.2 Å². The van der Waals surface area contributed by atoms with Crippen molar-refractivity contribution in [2.24, 2.45) is 5.41 Å². The summed E-state index contributed by atoms with van der Waals surface area (Å²) in [5.74, 6) is -0.355. The van der Waals surface area contributed by atoms with Gasteiger partial charge >= 0.3 is 0 Å². The molecule has 0 saturated carbocycles. The maximum Gasteiger partial charge on any atom is 0.148 e. The first-order chi connectivity index (χ1) is 8.88. The van der Waals surface area contributed by atoms with Gasteiger partial charge in [0.25, 0.3) is 0 Å². The molecule has 0 saturated heterocycles. The van der Waals surface area contributed by atoms with E-state index in [1.165, 1.54) is 6.07 Å². The topological polar surface area (TPSA) is 60.9 Å². The summed E-state index contributed by atoms with van der Waals surface area (Å²) in [6, 6.07) is 2.96. The van der Waals surface area contributed by atoms with Crippen LogP contribution in [0.3, 0.4) is 0 Å². The van der Waals surface area contributed by atoms with Crippen LogP contribution in [0.1, 0.15) is 32.4 Å². The number of hydrogen-bond donors (Lipinski definition) is 3. The van der Waals surface area contributed by atoms with Gasteiger partial charge in [-0.1, -0.05) is 26.8 Å². The van der Waals surface area contributed by atoms with Gasteiger partial charge < -0.3 is 10.4 Å². The molecule has 104 valence electrons. The van der Waals surface area contributed by atoms with Gasteiger partial charge in [-0.3, -0.25) is 5.10 Å². The van der Waals surface area contributed by atoms with Gasteiger partial charge in [-0.25, -0.2) is 4.39 Å². The van der Waals surface area contributed by atoms with Crippen molar-refractivity contribution in [2.45, 2.75) is 26.9 Å². The molecule has 19 heavy (non-hydrogen) atoms. The lowest BCUT2D eigenvalue weighted by Gasteiger charge is -2.20. The molecule has 0 bridgehead atoms. The van der Waals surface area contributed by atoms with Crippen LogP contribution in [-0.4, -0.2) is 28.4 Å². The Labute approximate surface area is 112 Å². The number of hydrogen-bond acceptors (Lipinski definition) is 3. The molecule has 0 radical (unpaired) electrons. The molecule has 0 spiro atoms. The average molecular weight is 265 g/mol. The summed E-state index contributed by atoms with van der Waals surface area (Å²) >= 11 is 0. The van der Waals surface area contributed by atoms with Crippen molar-refractivity contribution in [1.29, 1.82) is 0 Å². The van der Waals surface area contributed by atoms with Crippen LogP contribution in [0.2, 0.25) is 0 Å². The molecular weight excluding hydrogens is 245 g/mol. The lowest BCUT2D eigenvalue weighted by molar-refractivity contribution is 0.171. The molecule has 2 aromatic rings. The number of nitrogens with zero attached hydrogens (tertiary/aromatic N) is 1. The fourth-order valence-corrected chi connectivity index (χ4v) is 2.01. The summed E-state index contributed by atoms with van der Waals surface area (Å²) in [6.45, 7) is 7.61. The molecule has 1 aromatic heterocycles. The second kappa shape index (κ2) is 5.27. The van der Waals surface area contributed by atoms with E-state index in [-0.39, 0.29) is 11.2 Å². The van der Waals surface area contributed by atoms with Crippen LogP contribution in [0.15, 0.2) is 18.3 Å². The summed E-state index contributed by atoms with van der Waals surface area (Å²) in [7, 11) is 0. The number of aromatic nitrogens is 2. The Kier molecular flexibility index (Phi) is 3.87. The Bertz CT molecular complexity index is 559. The molecule has 1 heterocycles. The standard InChI is InChI=1S/C14H20FN3O/c1-14(2,3)8-16-7-12(19)9-4-5-11(15)13-10(9)6-17-18-13/h4-6,12,16,19H,7-8H2,1-3H3,(H,17,18)/t12-/m0/s1. The third kappa shape index (κ3) is 3.30. The zero-order valence-electron chi connectivity index (χ0n) is 11.5. The molecule has 0 amide bonds. The molecule has 1 atom stereocenters. The van der Waals surface area contributed by atoms with Crippen LogP contribution in [0.25, 0.3) is 10.9 Å². The van der Waals surface area contributed by atoms with Gasteiger partial charge in [-0.15, -0.1) is 0 Å². The molecule has 5 heteroatoms. The normalized spacial score (nSPS) is 13.9. The zero-order valence-corrected chi connectivity index (χ0v) is 11.5. The highest BCUT2D eigenvalue weighted by Gasteiger charge is 2.16. The number of aromatic amines is 1. The molecule has 0 fully saturated rings. The molecule has 0 aliphatic carbocycles. The first-order valence-electron chi connectivity index (χ1n) is 6.39. The summed E-state index contributed by atoms with van der Waals surface area (Å²) < 4.78 is 13.5. The van der Waals surface area contributed by atoms with Gasteiger partial charge in [0, 0.05) is 18.5 Å². The maximum absolute atomic E-state index is 13.5. The number of H-pyrrole nitrogens is 1. The van der Waals surface area contributed by atoms with E-state index < -0.39 is 6.10 Å². The van der Waals surface area contributed by atoms with Crippen molar-refractivity contribution in [3.05, 3.63) is 29.7 Å². The average Bonchev–Trinajstić information content (AvgIpc) is 2.77. The Morgan fingerprint density at radius 1 is 1.42 bits per heavy atom. The predicted molar refractivity (Wildman–Crippen MR) is 73.3 cm³/mol. The lowest BCUT2D eigenvalue weighted by atomic mass is 9.96. The van der Waals surface area contributed by atoms with E-state index in [4.69, 9.17) is 0 Å². The first kappa shape index (κ1) is 14.0. The zero-order chi connectivity index (χ0) is 14.0. The van der Waals surface area contributed by atoms with Crippen LogP contribution in [0.4, 0.5) is 4.39 Å². The molecule has 0 aliphatic rings. The van der Waals surface area contributed by atoms with Gasteiger partial charge in [0.2, 0.25) is 0 Å². The van der Waals surface area contributed by atoms with E-state index in [9.17, 15) is 9.50 Å². The number of nitrogens with one attached hydrogen (secondary N) is 2. The van der Waals surface area contributed by atoms with Gasteiger partial charge in [-0.05, 0) is 17.0 Å². The van der Waals surface area contributed by atoms with Crippen LogP contribution < -0.4 is 5.32 Å². The lowest BCUT2D eigenvalue weighted by Crippen LogP contribution is -2.30. The SMILES string of the molecule is CC(C)(C)CNC[C@H](O)c1ccc(F)c2[nH]ncc12. The second-order valence-corrected chi connectivity index (χ2v) is 6.00. The third-order valence-corrected chi connectivity index (χ3v) is 2.95. The van der Waals surface area contributed by atoms with E-state index in [0.717, 1.165) is 6.54 Å². The van der Waals surface area contributed by atoms with Crippen molar-refractivity contribution in [3.63, 3.8) is 0 Å². The summed E-state index contributed by atoms with van der Waals surface area (Å²) in [4.78, 5) is 0. The number of aliphatic hydroxyl groups is 1. The summed E-state index contributed by atoms with van der Waals surface area (Å²) in [6.07, 6.45) is 0.865. The minimum Gasteiger partial charge on any atom is -0.387 e. The predicted octanol–water partition coefficient (Wildman–Crippen LogP) is 2.37. The summed E-state index contributed by atoms with van der Waals surface area (Å²) in [5.41, 5.74) is 1.19. The van der Waals surface area contributed by atoms with E-state index in [0.29, 0.717) is 23.0 Å². The smallest absolute Gasteiger partial charge is 0.148 e. The highest BCUT2D eigenvalue weighted by atomic mass is 19.1. The van der Waals surface area contributed by atoms with Crippen LogP contribution in [-0.2, 0) is 0 Å². The summed E-state index contributed by atoms with van der Waals surface area (Å²) in [5, 5.41) is 20.5. The Morgan fingerprint density at radius 3 is 2.84 bits per heavy atom.